The summed E-state index contributed by atoms with van der Waals surface area (Å²) in [5.41, 5.74) is -6.30. The monoisotopic (exact) mass is 567 g/mol. The molecule has 1 N–H and O–H groups in total. The lowest BCUT2D eigenvalue weighted by Gasteiger charge is -2.34. The van der Waals surface area contributed by atoms with Crippen LogP contribution in [0.3, 0.4) is 0 Å². The van der Waals surface area contributed by atoms with E-state index in [0.29, 0.717) is 40.1 Å². The van der Waals surface area contributed by atoms with E-state index in [4.69, 9.17) is 25.9 Å². The first-order chi connectivity index (χ1) is 17.3. The number of benzene rings is 2. The Kier molecular flexibility index (Phi) is 7.46. The van der Waals surface area contributed by atoms with Gasteiger partial charge in [0.15, 0.2) is 23.4 Å². The number of anilines is 1. The van der Waals surface area contributed by atoms with Crippen LogP contribution < -0.4 is 19.4 Å². The van der Waals surface area contributed by atoms with Gasteiger partial charge in [-0.2, -0.15) is 26.3 Å². The minimum atomic E-state index is -5.99. The van der Waals surface area contributed by atoms with Crippen LogP contribution in [0.1, 0.15) is 17.4 Å². The molecule has 0 spiro atoms. The van der Waals surface area contributed by atoms with E-state index in [1.807, 2.05) is 6.92 Å². The number of rotatable bonds is 7. The lowest BCUT2D eigenvalue weighted by atomic mass is 9.92. The van der Waals surface area contributed by atoms with Crippen molar-refractivity contribution >= 4 is 28.6 Å². The Morgan fingerprint density at radius 1 is 1.03 bits per heavy atom. The molecule has 200 valence electrons. The van der Waals surface area contributed by atoms with E-state index >= 15 is 0 Å². The lowest BCUT2D eigenvalue weighted by molar-refractivity contribution is -0.376. The van der Waals surface area contributed by atoms with Gasteiger partial charge in [0.2, 0.25) is 0 Å². The first-order valence-corrected chi connectivity index (χ1v) is 12.1. The number of fused-ring (bicyclic) bond motifs is 1. The predicted octanol–water partition coefficient (Wildman–Crippen LogP) is 6.92. The standard InChI is InChI=1S/C24H20ClF6NO4S/c1-2-20-19(11-21(25)37-20)36-32(12-16-13-34-17-5-3-4-6-18(17)35-16)15-9-7-14(8-10-15)22(33,23(26,27)28)24(29,30)31/h3-11,16,33H,2,12-13H2,1H3. The number of hydrogen-bond donors (Lipinski definition) is 1. The molecule has 0 radical (unpaired) electrons. The molecule has 0 amide bonds. The highest BCUT2D eigenvalue weighted by molar-refractivity contribution is 7.16. The van der Waals surface area contributed by atoms with Crippen LogP contribution in [0.4, 0.5) is 32.0 Å². The molecule has 1 aliphatic heterocycles. The third kappa shape index (κ3) is 5.41. The number of alkyl halides is 6. The maximum atomic E-state index is 13.3. The molecule has 13 heteroatoms. The van der Waals surface area contributed by atoms with Gasteiger partial charge in [-0.15, -0.1) is 11.3 Å². The summed E-state index contributed by atoms with van der Waals surface area (Å²) >= 11 is 7.39. The molecule has 2 aromatic carbocycles. The lowest BCUT2D eigenvalue weighted by Crippen LogP contribution is -2.53. The molecule has 1 aliphatic rings. The average Bonchev–Trinajstić information content (AvgIpc) is 3.20. The summed E-state index contributed by atoms with van der Waals surface area (Å²) < 4.78 is 91.9. The molecule has 4 rings (SSSR count). The Hall–Kier alpha value is -2.83. The Morgan fingerprint density at radius 2 is 1.65 bits per heavy atom. The SMILES string of the molecule is CCc1sc(Cl)cc1ON(CC1COc2ccccc2O1)c1ccc(C(O)(C(F)(F)F)C(F)(F)F)cc1. The highest BCUT2D eigenvalue weighted by Gasteiger charge is 2.71. The first kappa shape index (κ1) is 27.2. The molecule has 5 nitrogen and oxygen atoms in total. The summed E-state index contributed by atoms with van der Waals surface area (Å²) in [6.07, 6.45) is -12.0. The van der Waals surface area contributed by atoms with Crippen LogP contribution in [-0.2, 0) is 12.0 Å². The zero-order valence-electron chi connectivity index (χ0n) is 19.1. The van der Waals surface area contributed by atoms with Gasteiger partial charge in [-0.1, -0.05) is 42.8 Å². The fourth-order valence-corrected chi connectivity index (χ4v) is 4.83. The molecule has 0 aliphatic carbocycles. The Balaban J connectivity index is 1.66. The molecule has 37 heavy (non-hydrogen) atoms. The van der Waals surface area contributed by atoms with Crippen LogP contribution in [0.25, 0.3) is 0 Å². The van der Waals surface area contributed by atoms with Crippen LogP contribution in [0.15, 0.2) is 54.6 Å². The molecule has 0 saturated heterocycles. The number of hydrogen-bond acceptors (Lipinski definition) is 6. The van der Waals surface area contributed by atoms with Crippen molar-refractivity contribution in [1.29, 1.82) is 0 Å². The maximum absolute atomic E-state index is 13.3. The largest absolute Gasteiger partial charge is 0.486 e. The van der Waals surface area contributed by atoms with Gasteiger partial charge in [-0.25, -0.2) is 5.06 Å². The maximum Gasteiger partial charge on any atom is 0.430 e. The third-order valence-corrected chi connectivity index (χ3v) is 6.99. The summed E-state index contributed by atoms with van der Waals surface area (Å²) in [7, 11) is 0. The van der Waals surface area contributed by atoms with Crippen molar-refractivity contribution in [2.24, 2.45) is 0 Å². The number of hydroxylamine groups is 1. The normalized spacial score (nSPS) is 16.0. The van der Waals surface area contributed by atoms with Gasteiger partial charge < -0.3 is 19.4 Å². The molecular weight excluding hydrogens is 548 g/mol. The van der Waals surface area contributed by atoms with Crippen LogP contribution in [0.2, 0.25) is 4.34 Å². The zero-order valence-corrected chi connectivity index (χ0v) is 20.6. The first-order valence-electron chi connectivity index (χ1n) is 10.9. The van der Waals surface area contributed by atoms with Gasteiger partial charge in [0.25, 0.3) is 5.60 Å². The molecular formula is C24H20ClF6NO4S. The van der Waals surface area contributed by atoms with Gasteiger partial charge in [-0.05, 0) is 30.7 Å². The van der Waals surface area contributed by atoms with Crippen molar-refractivity contribution in [2.75, 3.05) is 18.2 Å². The van der Waals surface area contributed by atoms with Crippen molar-refractivity contribution in [3.8, 4) is 17.2 Å². The topological polar surface area (TPSA) is 51.2 Å². The number of aliphatic hydroxyl groups is 1. The Bertz CT molecular complexity index is 1220. The molecule has 0 saturated carbocycles. The van der Waals surface area contributed by atoms with Crippen molar-refractivity contribution in [1.82, 2.24) is 0 Å². The summed E-state index contributed by atoms with van der Waals surface area (Å²) in [4.78, 5) is 6.79. The van der Waals surface area contributed by atoms with Crippen LogP contribution >= 0.6 is 22.9 Å². The van der Waals surface area contributed by atoms with Crippen molar-refractivity contribution in [2.45, 2.75) is 37.4 Å². The van der Waals surface area contributed by atoms with Crippen LogP contribution in [0, 0.1) is 0 Å². The number of ether oxygens (including phenoxy) is 2. The van der Waals surface area contributed by atoms with Crippen molar-refractivity contribution in [3.05, 3.63) is 69.4 Å². The van der Waals surface area contributed by atoms with Crippen LogP contribution in [0.5, 0.6) is 17.2 Å². The summed E-state index contributed by atoms with van der Waals surface area (Å²) in [5.74, 6) is 1.38. The molecule has 3 aromatic rings. The van der Waals surface area contributed by atoms with E-state index in [2.05, 4.69) is 0 Å². The molecule has 2 heterocycles. The minimum absolute atomic E-state index is 0.00683. The minimum Gasteiger partial charge on any atom is -0.486 e. The van der Waals surface area contributed by atoms with Crippen molar-refractivity contribution in [3.63, 3.8) is 0 Å². The fraction of sp³-hybridized carbons (Fsp3) is 0.333. The van der Waals surface area contributed by atoms with Gasteiger partial charge >= 0.3 is 12.4 Å². The number of halogens is 7. The summed E-state index contributed by atoms with van der Waals surface area (Å²) in [5, 5.41) is 11.0. The third-order valence-electron chi connectivity index (χ3n) is 5.60. The van der Waals surface area contributed by atoms with E-state index in [1.54, 1.807) is 30.3 Å². The smallest absolute Gasteiger partial charge is 0.430 e. The highest BCUT2D eigenvalue weighted by Crippen LogP contribution is 2.50. The number of para-hydroxylation sites is 2. The average molecular weight is 568 g/mol. The molecule has 1 aromatic heterocycles. The molecule has 0 bridgehead atoms. The molecule has 1 atom stereocenters. The summed E-state index contributed by atoms with van der Waals surface area (Å²) in [6, 6.07) is 11.6. The van der Waals surface area contributed by atoms with E-state index in [-0.39, 0.29) is 18.8 Å². The van der Waals surface area contributed by atoms with Crippen LogP contribution in [-0.4, -0.2) is 36.7 Å². The fourth-order valence-electron chi connectivity index (χ4n) is 3.71. The van der Waals surface area contributed by atoms with E-state index in [9.17, 15) is 31.4 Å². The Morgan fingerprint density at radius 3 is 2.24 bits per heavy atom. The second-order valence-electron chi connectivity index (χ2n) is 8.09. The molecule has 0 fully saturated rings. The number of nitrogens with zero attached hydrogens (tertiary/aromatic N) is 1. The summed E-state index contributed by atoms with van der Waals surface area (Å²) in [6.45, 7) is 1.98. The van der Waals surface area contributed by atoms with E-state index < -0.39 is 29.6 Å². The Labute approximate surface area is 216 Å². The quantitative estimate of drug-likeness (QED) is 0.248. The second-order valence-corrected chi connectivity index (χ2v) is 9.86. The number of thiophene rings is 1. The van der Waals surface area contributed by atoms with Crippen molar-refractivity contribution < 1.29 is 45.8 Å². The van der Waals surface area contributed by atoms with Gasteiger partial charge in [-0.3, -0.25) is 0 Å². The zero-order chi connectivity index (χ0) is 27.0. The highest BCUT2D eigenvalue weighted by atomic mass is 35.5. The number of aryl methyl sites for hydroxylation is 1. The van der Waals surface area contributed by atoms with Gasteiger partial charge in [0, 0.05) is 11.6 Å². The molecule has 1 unspecified atom stereocenters. The van der Waals surface area contributed by atoms with E-state index in [1.165, 1.54) is 16.4 Å². The van der Waals surface area contributed by atoms with E-state index in [0.717, 1.165) is 17.0 Å². The van der Waals surface area contributed by atoms with Gasteiger partial charge in [0.05, 0.1) is 21.4 Å². The second kappa shape index (κ2) is 10.1. The predicted molar refractivity (Wildman–Crippen MR) is 125 cm³/mol. The van der Waals surface area contributed by atoms with Gasteiger partial charge in [0.1, 0.15) is 6.61 Å².